The molecule has 0 saturated heterocycles. The van der Waals surface area contributed by atoms with Gasteiger partial charge < -0.3 is 15.4 Å². The van der Waals surface area contributed by atoms with Gasteiger partial charge >= 0.3 is 6.09 Å². The van der Waals surface area contributed by atoms with E-state index in [1.54, 1.807) is 26.8 Å². The number of nitrogens with zero attached hydrogens (tertiary/aromatic N) is 1. The van der Waals surface area contributed by atoms with Crippen LogP contribution in [0.2, 0.25) is 0 Å². The fraction of sp³-hybridized carbons (Fsp3) is 0.636. The molecule has 2 N–H and O–H groups in total. The number of ketones is 1. The summed E-state index contributed by atoms with van der Waals surface area (Å²) < 4.78 is 32.4. The molecule has 0 bridgehead atoms. The SMILES string of the molecule is CCCC(=O)c1ccnc(NC(=O)[C@@H](NC(=O)OC(C)(C)C)C2CCC(F)(F)CC2)c1. The number of nitrogens with one attached hydrogen (secondary N) is 2. The number of alkyl halides is 2. The van der Waals surface area contributed by atoms with Crippen LogP contribution >= 0.6 is 0 Å². The summed E-state index contributed by atoms with van der Waals surface area (Å²) >= 11 is 0. The van der Waals surface area contributed by atoms with Gasteiger partial charge in [0.2, 0.25) is 11.8 Å². The zero-order valence-corrected chi connectivity index (χ0v) is 18.5. The van der Waals surface area contributed by atoms with Crippen molar-refractivity contribution < 1.29 is 27.9 Å². The monoisotopic (exact) mass is 439 g/mol. The third-order valence-corrected chi connectivity index (χ3v) is 5.00. The van der Waals surface area contributed by atoms with Crippen LogP contribution in [0.15, 0.2) is 18.3 Å². The van der Waals surface area contributed by atoms with Crippen molar-refractivity contribution in [2.75, 3.05) is 5.32 Å². The van der Waals surface area contributed by atoms with Crippen LogP contribution < -0.4 is 10.6 Å². The van der Waals surface area contributed by atoms with Crippen molar-refractivity contribution in [2.45, 2.75) is 83.8 Å². The molecule has 172 valence electrons. The van der Waals surface area contributed by atoms with Gasteiger partial charge in [0.15, 0.2) is 5.78 Å². The first-order chi connectivity index (χ1) is 14.4. The molecule has 31 heavy (non-hydrogen) atoms. The summed E-state index contributed by atoms with van der Waals surface area (Å²) in [5.41, 5.74) is -0.360. The lowest BCUT2D eigenvalue weighted by atomic mass is 9.81. The minimum atomic E-state index is -2.76. The summed E-state index contributed by atoms with van der Waals surface area (Å²) in [6, 6.07) is 1.96. The number of anilines is 1. The largest absolute Gasteiger partial charge is 0.444 e. The Morgan fingerprint density at radius 3 is 2.48 bits per heavy atom. The molecule has 9 heteroatoms. The minimum absolute atomic E-state index is 0.0710. The van der Waals surface area contributed by atoms with Gasteiger partial charge in [0.05, 0.1) is 0 Å². The van der Waals surface area contributed by atoms with E-state index in [4.69, 9.17) is 4.74 Å². The molecule has 7 nitrogen and oxygen atoms in total. The lowest BCUT2D eigenvalue weighted by Crippen LogP contribution is -2.51. The number of hydrogen-bond donors (Lipinski definition) is 2. The molecule has 1 fully saturated rings. The Morgan fingerprint density at radius 1 is 1.26 bits per heavy atom. The predicted molar refractivity (Wildman–Crippen MR) is 112 cm³/mol. The number of ether oxygens (including phenoxy) is 1. The Morgan fingerprint density at radius 2 is 1.90 bits per heavy atom. The number of halogens is 2. The van der Waals surface area contributed by atoms with Crippen LogP contribution in [0.4, 0.5) is 19.4 Å². The molecule has 1 aliphatic rings. The molecule has 0 aromatic carbocycles. The lowest BCUT2D eigenvalue weighted by Gasteiger charge is -2.33. The Hall–Kier alpha value is -2.58. The van der Waals surface area contributed by atoms with Gasteiger partial charge in [-0.05, 0) is 58.1 Å². The highest BCUT2D eigenvalue weighted by Gasteiger charge is 2.40. The molecule has 2 rings (SSSR count). The van der Waals surface area contributed by atoms with Crippen LogP contribution in [-0.2, 0) is 9.53 Å². The molecule has 1 aliphatic carbocycles. The van der Waals surface area contributed by atoms with Crippen molar-refractivity contribution in [1.29, 1.82) is 0 Å². The summed E-state index contributed by atoms with van der Waals surface area (Å²) in [7, 11) is 0. The van der Waals surface area contributed by atoms with Crippen LogP contribution in [0.1, 0.15) is 76.6 Å². The van der Waals surface area contributed by atoms with Crippen LogP contribution in [0.25, 0.3) is 0 Å². The van der Waals surface area contributed by atoms with Gasteiger partial charge in [-0.2, -0.15) is 0 Å². The molecule has 0 aliphatic heterocycles. The highest BCUT2D eigenvalue weighted by atomic mass is 19.3. The average Bonchev–Trinajstić information content (AvgIpc) is 2.65. The molecule has 0 spiro atoms. The molecule has 1 heterocycles. The van der Waals surface area contributed by atoms with Gasteiger partial charge in [0, 0.05) is 31.0 Å². The van der Waals surface area contributed by atoms with E-state index < -0.39 is 35.5 Å². The molecular weight excluding hydrogens is 408 g/mol. The van der Waals surface area contributed by atoms with Crippen molar-refractivity contribution in [1.82, 2.24) is 10.3 Å². The van der Waals surface area contributed by atoms with Crippen LogP contribution in [0.5, 0.6) is 0 Å². The summed E-state index contributed by atoms with van der Waals surface area (Å²) in [6.07, 6.45) is 1.15. The third kappa shape index (κ3) is 7.88. The number of carbonyl (C=O) groups excluding carboxylic acids is 3. The van der Waals surface area contributed by atoms with Gasteiger partial charge in [0.25, 0.3) is 0 Å². The van der Waals surface area contributed by atoms with Crippen LogP contribution in [0.3, 0.4) is 0 Å². The van der Waals surface area contributed by atoms with Crippen molar-refractivity contribution in [3.63, 3.8) is 0 Å². The molecule has 1 saturated carbocycles. The Kier molecular flexibility index (Phi) is 8.08. The molecule has 0 radical (unpaired) electrons. The van der Waals surface area contributed by atoms with E-state index in [2.05, 4.69) is 15.6 Å². The number of Topliss-reactive ketones (excluding diaryl/α,β-unsaturated/α-hetero) is 1. The third-order valence-electron chi connectivity index (χ3n) is 5.00. The van der Waals surface area contributed by atoms with E-state index in [-0.39, 0.29) is 37.3 Å². The van der Waals surface area contributed by atoms with Gasteiger partial charge in [-0.1, -0.05) is 6.92 Å². The fourth-order valence-electron chi connectivity index (χ4n) is 3.48. The molecular formula is C22H31F2N3O4. The fourth-order valence-corrected chi connectivity index (χ4v) is 3.48. The number of hydrogen-bond acceptors (Lipinski definition) is 5. The first kappa shape index (κ1) is 24.7. The maximum Gasteiger partial charge on any atom is 0.408 e. The number of alkyl carbamates (subject to hydrolysis) is 1. The molecule has 0 unspecified atom stereocenters. The Bertz CT molecular complexity index is 798. The van der Waals surface area contributed by atoms with E-state index in [0.29, 0.717) is 18.4 Å². The Balaban J connectivity index is 2.17. The van der Waals surface area contributed by atoms with Crippen LogP contribution in [0, 0.1) is 5.92 Å². The predicted octanol–water partition coefficient (Wildman–Crippen LogP) is 4.72. The number of rotatable bonds is 7. The quantitative estimate of drug-likeness (QED) is 0.599. The van der Waals surface area contributed by atoms with Crippen molar-refractivity contribution in [3.05, 3.63) is 23.9 Å². The highest BCUT2D eigenvalue weighted by molar-refractivity contribution is 5.99. The smallest absolute Gasteiger partial charge is 0.408 e. The number of aromatic nitrogens is 1. The second-order valence-electron chi connectivity index (χ2n) is 8.91. The zero-order chi connectivity index (χ0) is 23.2. The van der Waals surface area contributed by atoms with E-state index in [9.17, 15) is 23.2 Å². The van der Waals surface area contributed by atoms with Crippen molar-refractivity contribution >= 4 is 23.6 Å². The maximum atomic E-state index is 13.6. The Labute approximate surface area is 181 Å². The number of carbonyl (C=O) groups is 3. The number of amides is 2. The average molecular weight is 440 g/mol. The van der Waals surface area contributed by atoms with E-state index in [1.165, 1.54) is 12.3 Å². The van der Waals surface area contributed by atoms with E-state index in [0.717, 1.165) is 0 Å². The normalized spacial score (nSPS) is 17.5. The molecule has 1 atom stereocenters. The van der Waals surface area contributed by atoms with E-state index in [1.807, 2.05) is 6.92 Å². The second-order valence-corrected chi connectivity index (χ2v) is 8.91. The topological polar surface area (TPSA) is 97.4 Å². The van der Waals surface area contributed by atoms with Gasteiger partial charge in [0.1, 0.15) is 17.5 Å². The summed E-state index contributed by atoms with van der Waals surface area (Å²) in [5, 5.41) is 5.14. The highest BCUT2D eigenvalue weighted by Crippen LogP contribution is 2.37. The minimum Gasteiger partial charge on any atom is -0.444 e. The molecule has 1 aromatic rings. The standard InChI is InChI=1S/C22H31F2N3O4/c1-5-6-16(28)15-9-12-25-17(13-15)26-19(29)18(27-20(30)31-21(2,3)4)14-7-10-22(23,24)11-8-14/h9,12-14,18H,5-8,10-11H2,1-4H3,(H,27,30)(H,25,26,29)/t18-/m0/s1. The summed E-state index contributed by atoms with van der Waals surface area (Å²) in [4.78, 5) is 41.5. The van der Waals surface area contributed by atoms with Gasteiger partial charge in [-0.15, -0.1) is 0 Å². The zero-order valence-electron chi connectivity index (χ0n) is 18.5. The van der Waals surface area contributed by atoms with Gasteiger partial charge in [-0.25, -0.2) is 18.6 Å². The first-order valence-electron chi connectivity index (χ1n) is 10.6. The van der Waals surface area contributed by atoms with Crippen molar-refractivity contribution in [2.24, 2.45) is 5.92 Å². The van der Waals surface area contributed by atoms with E-state index >= 15 is 0 Å². The second kappa shape index (κ2) is 10.2. The van der Waals surface area contributed by atoms with Gasteiger partial charge in [-0.3, -0.25) is 9.59 Å². The molecule has 2 amide bonds. The number of pyridine rings is 1. The summed E-state index contributed by atoms with van der Waals surface area (Å²) in [5.74, 6) is -3.74. The van der Waals surface area contributed by atoms with Crippen LogP contribution in [-0.4, -0.2) is 40.3 Å². The lowest BCUT2D eigenvalue weighted by molar-refractivity contribution is -0.121. The first-order valence-corrected chi connectivity index (χ1v) is 10.6. The summed E-state index contributed by atoms with van der Waals surface area (Å²) in [6.45, 7) is 6.95. The van der Waals surface area contributed by atoms with Crippen molar-refractivity contribution in [3.8, 4) is 0 Å². The maximum absolute atomic E-state index is 13.6. The molecule has 1 aromatic heterocycles.